The molecule has 0 saturated carbocycles. The van der Waals surface area contributed by atoms with Crippen LogP contribution in [0.3, 0.4) is 0 Å². The number of hydrogen-bond donors (Lipinski definition) is 0. The van der Waals surface area contributed by atoms with Gasteiger partial charge in [0.2, 0.25) is 0 Å². The Morgan fingerprint density at radius 1 is 0.636 bits per heavy atom. The van der Waals surface area contributed by atoms with Crippen molar-refractivity contribution in [3.05, 3.63) is 59.7 Å². The van der Waals surface area contributed by atoms with E-state index in [-0.39, 0.29) is 0 Å². The second kappa shape index (κ2) is 6.69. The molecule has 0 radical (unpaired) electrons. The van der Waals surface area contributed by atoms with Crippen LogP contribution in [0.15, 0.2) is 48.5 Å². The molecule has 1 aliphatic rings. The summed E-state index contributed by atoms with van der Waals surface area (Å²) in [7, 11) is 0. The number of fused-ring (bicyclic) bond motifs is 2. The third kappa shape index (κ3) is 3.01. The highest BCUT2D eigenvalue weighted by Crippen LogP contribution is 2.35. The summed E-state index contributed by atoms with van der Waals surface area (Å²) < 4.78 is 12.0. The van der Waals surface area contributed by atoms with Crippen molar-refractivity contribution in [1.82, 2.24) is 0 Å². The normalized spacial score (nSPS) is 18.8. The number of ether oxygens (including phenoxy) is 2. The molecule has 2 nitrogen and oxygen atoms in total. The second-order valence-corrected chi connectivity index (χ2v) is 5.65. The molecular formula is C20H22O2. The topological polar surface area (TPSA) is 18.5 Å². The molecular weight excluding hydrogens is 272 g/mol. The fraction of sp³-hybridized carbons (Fsp3) is 0.300. The van der Waals surface area contributed by atoms with E-state index in [1.54, 1.807) is 0 Å². The van der Waals surface area contributed by atoms with Gasteiger partial charge in [0, 0.05) is 11.1 Å². The van der Waals surface area contributed by atoms with Crippen LogP contribution >= 0.6 is 0 Å². The van der Waals surface area contributed by atoms with Crippen LogP contribution in [0.4, 0.5) is 0 Å². The van der Waals surface area contributed by atoms with Gasteiger partial charge in [-0.3, -0.25) is 0 Å². The van der Waals surface area contributed by atoms with Crippen LogP contribution in [-0.4, -0.2) is 13.2 Å². The molecule has 0 saturated heterocycles. The maximum atomic E-state index is 5.98. The van der Waals surface area contributed by atoms with Gasteiger partial charge in [-0.2, -0.15) is 0 Å². The van der Waals surface area contributed by atoms with Crippen LogP contribution < -0.4 is 9.47 Å². The van der Waals surface area contributed by atoms with Gasteiger partial charge < -0.3 is 9.47 Å². The van der Waals surface area contributed by atoms with Gasteiger partial charge in [-0.1, -0.05) is 36.4 Å². The predicted molar refractivity (Wildman–Crippen MR) is 91.3 cm³/mol. The largest absolute Gasteiger partial charge is 0.493 e. The summed E-state index contributed by atoms with van der Waals surface area (Å²) in [6.07, 6.45) is 2.00. The lowest BCUT2D eigenvalue weighted by Gasteiger charge is -2.18. The summed E-state index contributed by atoms with van der Waals surface area (Å²) in [5, 5.41) is 0. The average molecular weight is 294 g/mol. The lowest BCUT2D eigenvalue weighted by molar-refractivity contribution is 0.265. The zero-order valence-corrected chi connectivity index (χ0v) is 13.3. The Hall–Kier alpha value is -2.22. The summed E-state index contributed by atoms with van der Waals surface area (Å²) in [6, 6.07) is 16.6. The molecule has 0 aromatic heterocycles. The molecule has 2 heteroatoms. The summed E-state index contributed by atoms with van der Waals surface area (Å²) in [5.74, 6) is 1.94. The first-order chi connectivity index (χ1) is 10.8. The van der Waals surface area contributed by atoms with Crippen molar-refractivity contribution < 1.29 is 9.47 Å². The van der Waals surface area contributed by atoms with Crippen molar-refractivity contribution in [2.45, 2.75) is 26.7 Å². The Bertz CT molecular complexity index is 626. The van der Waals surface area contributed by atoms with Gasteiger partial charge >= 0.3 is 0 Å². The van der Waals surface area contributed by atoms with Crippen molar-refractivity contribution in [3.63, 3.8) is 0 Å². The van der Waals surface area contributed by atoms with Crippen LogP contribution in [0, 0.1) is 0 Å². The maximum Gasteiger partial charge on any atom is 0.126 e. The zero-order chi connectivity index (χ0) is 15.4. The third-order valence-corrected chi connectivity index (χ3v) is 4.20. The summed E-state index contributed by atoms with van der Waals surface area (Å²) in [4.78, 5) is 0. The number of allylic oxidation sites excluding steroid dienone is 2. The van der Waals surface area contributed by atoms with Gasteiger partial charge in [-0.15, -0.1) is 0 Å². The van der Waals surface area contributed by atoms with Crippen molar-refractivity contribution >= 4 is 11.1 Å². The molecule has 0 bridgehead atoms. The highest BCUT2D eigenvalue weighted by molar-refractivity contribution is 5.92. The molecule has 0 amide bonds. The van der Waals surface area contributed by atoms with E-state index in [9.17, 15) is 0 Å². The highest BCUT2D eigenvalue weighted by atomic mass is 16.5. The fourth-order valence-electron chi connectivity index (χ4n) is 2.78. The van der Waals surface area contributed by atoms with Crippen LogP contribution in [-0.2, 0) is 0 Å². The molecule has 3 rings (SSSR count). The van der Waals surface area contributed by atoms with Crippen LogP contribution in [0.5, 0.6) is 11.5 Å². The van der Waals surface area contributed by atoms with Crippen molar-refractivity contribution in [2.75, 3.05) is 13.2 Å². The smallest absolute Gasteiger partial charge is 0.126 e. The molecule has 2 aromatic carbocycles. The van der Waals surface area contributed by atoms with Gasteiger partial charge in [0.25, 0.3) is 0 Å². The van der Waals surface area contributed by atoms with Gasteiger partial charge in [-0.25, -0.2) is 0 Å². The average Bonchev–Trinajstić information content (AvgIpc) is 2.56. The Morgan fingerprint density at radius 3 is 1.50 bits per heavy atom. The van der Waals surface area contributed by atoms with E-state index in [0.717, 1.165) is 48.7 Å². The Kier molecular flexibility index (Phi) is 4.47. The maximum absolute atomic E-state index is 5.98. The number of hydrogen-bond acceptors (Lipinski definition) is 2. The third-order valence-electron chi connectivity index (χ3n) is 4.20. The molecule has 1 aliphatic heterocycles. The molecule has 0 spiro atoms. The summed E-state index contributed by atoms with van der Waals surface area (Å²) in [5.41, 5.74) is 4.78. The van der Waals surface area contributed by atoms with Crippen molar-refractivity contribution in [3.8, 4) is 11.5 Å². The fourth-order valence-corrected chi connectivity index (χ4v) is 2.78. The highest BCUT2D eigenvalue weighted by Gasteiger charge is 2.13. The Balaban J connectivity index is 2.14. The first kappa shape index (κ1) is 14.7. The van der Waals surface area contributed by atoms with Gasteiger partial charge in [0.05, 0.1) is 13.2 Å². The van der Waals surface area contributed by atoms with Crippen LogP contribution in [0.2, 0.25) is 0 Å². The molecule has 0 atom stereocenters. The number of benzene rings is 2. The van der Waals surface area contributed by atoms with Crippen molar-refractivity contribution in [2.24, 2.45) is 0 Å². The van der Waals surface area contributed by atoms with E-state index < -0.39 is 0 Å². The minimum absolute atomic E-state index is 0.731. The monoisotopic (exact) mass is 294 g/mol. The predicted octanol–water partition coefficient (Wildman–Crippen LogP) is 5.19. The zero-order valence-electron chi connectivity index (χ0n) is 13.3. The first-order valence-corrected chi connectivity index (χ1v) is 7.89. The van der Waals surface area contributed by atoms with Gasteiger partial charge in [-0.05, 0) is 50.0 Å². The molecule has 0 aliphatic carbocycles. The van der Waals surface area contributed by atoms with Crippen LogP contribution in [0.1, 0.15) is 37.8 Å². The van der Waals surface area contributed by atoms with Gasteiger partial charge in [0.15, 0.2) is 0 Å². The molecule has 1 heterocycles. The van der Waals surface area contributed by atoms with Gasteiger partial charge in [0.1, 0.15) is 11.5 Å². The summed E-state index contributed by atoms with van der Waals surface area (Å²) >= 11 is 0. The Labute approximate surface area is 132 Å². The molecule has 114 valence electrons. The minimum atomic E-state index is 0.731. The van der Waals surface area contributed by atoms with E-state index in [0.29, 0.717) is 0 Å². The number of rotatable bonds is 0. The standard InChI is InChI=1S/C20H22O2/c1-15-16(2)18-10-4-6-12-20(18)22-14-8-7-13-21-19-11-5-3-9-17(15)19/h3-6,9-12H,7-8,13-14H2,1-2H3/b16-15-. The molecule has 0 fully saturated rings. The molecule has 0 unspecified atom stereocenters. The lowest BCUT2D eigenvalue weighted by atomic mass is 9.96. The number of para-hydroxylation sites is 2. The second-order valence-electron chi connectivity index (χ2n) is 5.65. The van der Waals surface area contributed by atoms with E-state index in [4.69, 9.17) is 9.47 Å². The SMILES string of the molecule is C/C1=C(\C)c2ccccc2OCCCCOc2ccccc21. The van der Waals surface area contributed by atoms with E-state index in [2.05, 4.69) is 50.2 Å². The lowest BCUT2D eigenvalue weighted by Crippen LogP contribution is -2.06. The van der Waals surface area contributed by atoms with E-state index >= 15 is 0 Å². The van der Waals surface area contributed by atoms with Crippen LogP contribution in [0.25, 0.3) is 11.1 Å². The van der Waals surface area contributed by atoms with E-state index in [1.165, 1.54) is 11.1 Å². The molecule has 0 N–H and O–H groups in total. The molecule has 22 heavy (non-hydrogen) atoms. The van der Waals surface area contributed by atoms with E-state index in [1.807, 2.05) is 12.1 Å². The van der Waals surface area contributed by atoms with Crippen molar-refractivity contribution in [1.29, 1.82) is 0 Å². The summed E-state index contributed by atoms with van der Waals surface area (Å²) in [6.45, 7) is 5.77. The first-order valence-electron chi connectivity index (χ1n) is 7.89. The molecule has 2 aromatic rings. The minimum Gasteiger partial charge on any atom is -0.493 e. The quantitative estimate of drug-likeness (QED) is 0.666. The Morgan fingerprint density at radius 2 is 1.05 bits per heavy atom.